The fourth-order valence-corrected chi connectivity index (χ4v) is 1.87. The summed E-state index contributed by atoms with van der Waals surface area (Å²) in [6.45, 7) is 0.685. The first-order chi connectivity index (χ1) is 9.76. The van der Waals surface area contributed by atoms with Crippen molar-refractivity contribution in [2.75, 3.05) is 26.3 Å². The molecule has 20 heavy (non-hydrogen) atoms. The zero-order chi connectivity index (χ0) is 14.4. The molecule has 0 aliphatic carbocycles. The van der Waals surface area contributed by atoms with Gasteiger partial charge in [0.05, 0.1) is 24.8 Å². The largest absolute Gasteiger partial charge is 0.384 e. The maximum atomic E-state index is 12.4. The van der Waals surface area contributed by atoms with Crippen molar-refractivity contribution in [2.45, 2.75) is 6.10 Å². The number of hydrogen-bond donors (Lipinski definition) is 1. The molecule has 1 N–H and O–H groups in total. The van der Waals surface area contributed by atoms with Crippen LogP contribution in [0.1, 0.15) is 16.1 Å². The molecule has 6 heteroatoms. The van der Waals surface area contributed by atoms with Gasteiger partial charge in [-0.1, -0.05) is 11.8 Å². The molecule has 0 aromatic carbocycles. The zero-order valence-corrected chi connectivity index (χ0v) is 10.7. The van der Waals surface area contributed by atoms with Crippen molar-refractivity contribution in [3.63, 3.8) is 0 Å². The summed E-state index contributed by atoms with van der Waals surface area (Å²) in [5.41, 5.74) is 0.693. The van der Waals surface area contributed by atoms with E-state index in [1.807, 2.05) is 6.07 Å². The molecular weight excluding hydrogens is 258 g/mol. The van der Waals surface area contributed by atoms with Gasteiger partial charge in [-0.15, -0.1) is 0 Å². The Balaban J connectivity index is 2.23. The van der Waals surface area contributed by atoms with E-state index < -0.39 is 6.10 Å². The molecule has 1 aromatic rings. The number of nitriles is 1. The van der Waals surface area contributed by atoms with E-state index in [4.69, 9.17) is 15.1 Å². The molecule has 102 valence electrons. The molecule has 2 rings (SSSR count). The van der Waals surface area contributed by atoms with E-state index in [1.54, 1.807) is 12.1 Å². The molecule has 2 heterocycles. The van der Waals surface area contributed by atoms with E-state index in [0.717, 1.165) is 0 Å². The monoisotopic (exact) mass is 271 g/mol. The van der Waals surface area contributed by atoms with Gasteiger partial charge in [0.15, 0.2) is 6.10 Å². The second-order valence-electron chi connectivity index (χ2n) is 4.10. The molecule has 0 bridgehead atoms. The Morgan fingerprint density at radius 3 is 3.25 bits per heavy atom. The highest BCUT2D eigenvalue weighted by Crippen LogP contribution is 2.12. The van der Waals surface area contributed by atoms with Crippen LogP contribution in [0.4, 0.5) is 0 Å². The summed E-state index contributed by atoms with van der Waals surface area (Å²) < 4.78 is 5.20. The Labute approximate surface area is 116 Å². The molecule has 6 nitrogen and oxygen atoms in total. The lowest BCUT2D eigenvalue weighted by atomic mass is 10.1. The van der Waals surface area contributed by atoms with E-state index in [0.29, 0.717) is 18.7 Å². The first-order valence-corrected chi connectivity index (χ1v) is 6.11. The molecule has 1 saturated heterocycles. The van der Waals surface area contributed by atoms with Crippen LogP contribution in [0.3, 0.4) is 0 Å². The normalized spacial score (nSPS) is 17.8. The molecule has 0 radical (unpaired) electrons. The van der Waals surface area contributed by atoms with E-state index in [9.17, 15) is 4.79 Å². The molecular formula is C14H13N3O3. The van der Waals surface area contributed by atoms with Crippen LogP contribution in [-0.4, -0.2) is 53.3 Å². The number of aliphatic hydroxyl groups excluding tert-OH is 1. The van der Waals surface area contributed by atoms with Gasteiger partial charge in [0.2, 0.25) is 0 Å². The fraction of sp³-hybridized carbons (Fsp3) is 0.357. The third kappa shape index (κ3) is 3.12. The average molecular weight is 271 g/mol. The van der Waals surface area contributed by atoms with Crippen LogP contribution in [0, 0.1) is 23.2 Å². The van der Waals surface area contributed by atoms with Crippen molar-refractivity contribution >= 4 is 5.91 Å². The number of carbonyl (C=O) groups excluding carboxylic acids is 1. The summed E-state index contributed by atoms with van der Waals surface area (Å²) in [7, 11) is 0. The summed E-state index contributed by atoms with van der Waals surface area (Å²) in [5.74, 6) is 4.92. The highest BCUT2D eigenvalue weighted by molar-refractivity contribution is 5.94. The molecule has 1 aromatic heterocycles. The van der Waals surface area contributed by atoms with Gasteiger partial charge in [0, 0.05) is 12.7 Å². The van der Waals surface area contributed by atoms with Gasteiger partial charge in [-0.05, 0) is 12.1 Å². The molecule has 1 amide bonds. The van der Waals surface area contributed by atoms with E-state index >= 15 is 0 Å². The molecule has 1 aliphatic heterocycles. The lowest BCUT2D eigenvalue weighted by Gasteiger charge is -2.29. The zero-order valence-electron chi connectivity index (χ0n) is 10.7. The fourth-order valence-electron chi connectivity index (χ4n) is 1.87. The number of nitrogens with zero attached hydrogens (tertiary/aromatic N) is 3. The smallest absolute Gasteiger partial charge is 0.273 e. The van der Waals surface area contributed by atoms with Crippen LogP contribution in [0.15, 0.2) is 18.3 Å². The van der Waals surface area contributed by atoms with E-state index in [2.05, 4.69) is 16.8 Å². The van der Waals surface area contributed by atoms with Crippen LogP contribution >= 0.6 is 0 Å². The van der Waals surface area contributed by atoms with Gasteiger partial charge in [-0.25, -0.2) is 4.98 Å². The second-order valence-corrected chi connectivity index (χ2v) is 4.10. The number of aromatic nitrogens is 1. The maximum absolute atomic E-state index is 12.4. The Morgan fingerprint density at radius 2 is 2.50 bits per heavy atom. The van der Waals surface area contributed by atoms with Gasteiger partial charge < -0.3 is 14.7 Å². The summed E-state index contributed by atoms with van der Waals surface area (Å²) in [6, 6.07) is 5.34. The van der Waals surface area contributed by atoms with Gasteiger partial charge in [0.25, 0.3) is 5.91 Å². The van der Waals surface area contributed by atoms with Crippen molar-refractivity contribution in [2.24, 2.45) is 0 Å². The van der Waals surface area contributed by atoms with Crippen molar-refractivity contribution < 1.29 is 14.6 Å². The number of amides is 1. The minimum absolute atomic E-state index is 0.221. The second kappa shape index (κ2) is 6.67. The quantitative estimate of drug-likeness (QED) is 0.714. The van der Waals surface area contributed by atoms with Gasteiger partial charge in [-0.2, -0.15) is 5.26 Å². The Kier molecular flexibility index (Phi) is 4.67. The lowest BCUT2D eigenvalue weighted by Crippen LogP contribution is -2.45. The van der Waals surface area contributed by atoms with Crippen molar-refractivity contribution in [1.82, 2.24) is 9.88 Å². The van der Waals surface area contributed by atoms with E-state index in [1.165, 1.54) is 11.1 Å². The van der Waals surface area contributed by atoms with Crippen molar-refractivity contribution in [1.29, 1.82) is 5.26 Å². The van der Waals surface area contributed by atoms with Gasteiger partial charge >= 0.3 is 0 Å². The topological polar surface area (TPSA) is 86.5 Å². The SMILES string of the molecule is N#CC1CN(C(=O)c2ncccc2C#CCO)CCO1. The molecule has 0 saturated carbocycles. The highest BCUT2D eigenvalue weighted by atomic mass is 16.5. The van der Waals surface area contributed by atoms with Crippen LogP contribution in [-0.2, 0) is 4.74 Å². The van der Waals surface area contributed by atoms with Crippen LogP contribution < -0.4 is 0 Å². The highest BCUT2D eigenvalue weighted by Gasteiger charge is 2.26. The predicted molar refractivity (Wildman–Crippen MR) is 69.5 cm³/mol. The first-order valence-electron chi connectivity index (χ1n) is 6.11. The standard InChI is InChI=1S/C14H13N3O3/c15-9-12-10-17(6-8-20-12)14(19)13-11(4-2-7-18)3-1-5-16-13/h1,3,5,12,18H,6-8,10H2. The summed E-state index contributed by atoms with van der Waals surface area (Å²) in [6.07, 6.45) is 0.905. The number of pyridine rings is 1. The predicted octanol–water partition coefficient (Wildman–Crippen LogP) is -0.210. The number of carbonyl (C=O) groups is 1. The molecule has 1 atom stereocenters. The Morgan fingerprint density at radius 1 is 1.65 bits per heavy atom. The van der Waals surface area contributed by atoms with Gasteiger partial charge in [0.1, 0.15) is 12.3 Å². The number of morpholine rings is 1. The third-order valence-corrected chi connectivity index (χ3v) is 2.81. The summed E-state index contributed by atoms with van der Waals surface area (Å²) in [5, 5.41) is 17.6. The van der Waals surface area contributed by atoms with Crippen LogP contribution in [0.25, 0.3) is 0 Å². The van der Waals surface area contributed by atoms with Crippen molar-refractivity contribution in [3.05, 3.63) is 29.6 Å². The van der Waals surface area contributed by atoms with Gasteiger partial charge in [-0.3, -0.25) is 4.79 Å². The number of hydrogen-bond acceptors (Lipinski definition) is 5. The van der Waals surface area contributed by atoms with E-state index in [-0.39, 0.29) is 24.8 Å². The minimum Gasteiger partial charge on any atom is -0.384 e. The number of rotatable bonds is 1. The molecule has 1 aliphatic rings. The Bertz CT molecular complexity index is 598. The lowest BCUT2D eigenvalue weighted by molar-refractivity contribution is 0.00318. The number of aliphatic hydroxyl groups is 1. The summed E-state index contributed by atoms with van der Waals surface area (Å²) in [4.78, 5) is 18.0. The maximum Gasteiger partial charge on any atom is 0.273 e. The molecule has 1 fully saturated rings. The Hall–Kier alpha value is -2.41. The first kappa shape index (κ1) is 14.0. The molecule has 0 spiro atoms. The summed E-state index contributed by atoms with van der Waals surface area (Å²) >= 11 is 0. The molecule has 1 unspecified atom stereocenters. The van der Waals surface area contributed by atoms with Crippen LogP contribution in [0.2, 0.25) is 0 Å². The van der Waals surface area contributed by atoms with Crippen molar-refractivity contribution in [3.8, 4) is 17.9 Å². The number of ether oxygens (including phenoxy) is 1. The minimum atomic E-state index is -0.608. The third-order valence-electron chi connectivity index (χ3n) is 2.81. The average Bonchev–Trinajstić information content (AvgIpc) is 2.52. The van der Waals surface area contributed by atoms with Crippen LogP contribution in [0.5, 0.6) is 0 Å².